The van der Waals surface area contributed by atoms with Gasteiger partial charge in [0.1, 0.15) is 0 Å². The summed E-state index contributed by atoms with van der Waals surface area (Å²) in [5, 5.41) is 1.56. The zero-order chi connectivity index (χ0) is 37.8. The Morgan fingerprint density at radius 3 is 1.62 bits per heavy atom. The number of halogens is 10. The van der Waals surface area contributed by atoms with Crippen molar-refractivity contribution in [1.29, 1.82) is 0 Å². The first-order chi connectivity index (χ1) is 23.0. The van der Waals surface area contributed by atoms with Crippen LogP contribution in [0.25, 0.3) is 0 Å². The van der Waals surface area contributed by atoms with Gasteiger partial charge in [0.25, 0.3) is 0 Å². The molecule has 0 unspecified atom stereocenters. The lowest BCUT2D eigenvalue weighted by Gasteiger charge is -2.46. The van der Waals surface area contributed by atoms with Gasteiger partial charge in [0.15, 0.2) is 8.32 Å². The molecule has 0 aliphatic heterocycles. The molecule has 3 aromatic rings. The smallest absolute Gasteiger partial charge is 0.414 e. The van der Waals surface area contributed by atoms with Gasteiger partial charge in [-0.05, 0) is 59.8 Å². The molecule has 0 spiro atoms. The van der Waals surface area contributed by atoms with Gasteiger partial charge in [0.05, 0.1) is 30.4 Å². The van der Waals surface area contributed by atoms with E-state index in [4.69, 9.17) is 9.26 Å². The number of rotatable bonds is 16. The first-order valence-corrected chi connectivity index (χ1v) is 18.4. The topological polar surface area (TPSA) is 21.7 Å². The largest absolute Gasteiger partial charge is 0.459 e. The Bertz CT molecular complexity index is 1450. The molecule has 0 aromatic heterocycles. The van der Waals surface area contributed by atoms with Crippen LogP contribution in [0.4, 0.5) is 43.9 Å². The van der Waals surface area contributed by atoms with E-state index >= 15 is 0 Å². The minimum atomic E-state index is -6.44. The lowest BCUT2D eigenvalue weighted by molar-refractivity contribution is -0.354. The van der Waals surface area contributed by atoms with E-state index in [-0.39, 0.29) is 18.8 Å². The molecule has 0 fully saturated rings. The van der Waals surface area contributed by atoms with Crippen molar-refractivity contribution >= 4 is 8.32 Å². The second-order valence-electron chi connectivity index (χ2n) is 13.7. The molecule has 0 aliphatic carbocycles. The van der Waals surface area contributed by atoms with E-state index in [9.17, 15) is 43.9 Å². The van der Waals surface area contributed by atoms with Crippen molar-refractivity contribution in [2.45, 2.75) is 107 Å². The average molecular weight is 740 g/mol. The highest BCUT2D eigenvalue weighted by Crippen LogP contribution is 2.51. The van der Waals surface area contributed by atoms with E-state index in [0.29, 0.717) is 0 Å². The van der Waals surface area contributed by atoms with Crippen molar-refractivity contribution in [3.05, 3.63) is 107 Å². The SMILES string of the molecule is CC(C)[Si](CCC(F)(F)C(F)(F)C(F)(F)F)(OCC(C)(C)N(OCc1cccc(C(F)(F)F)c1)C(c1ccccc1)c1ccccc1)C(C)C. The lowest BCUT2D eigenvalue weighted by Crippen LogP contribution is -2.56. The van der Waals surface area contributed by atoms with E-state index in [0.717, 1.165) is 23.3 Å². The molecular weight excluding hydrogens is 696 g/mol. The van der Waals surface area contributed by atoms with E-state index in [1.807, 2.05) is 24.3 Å². The zero-order valence-corrected chi connectivity index (χ0v) is 29.7. The molecule has 14 heteroatoms. The Balaban J connectivity index is 2.06. The Labute approximate surface area is 287 Å². The first kappa shape index (κ1) is 41.5. The number of alkyl halides is 10. The Hall–Kier alpha value is -2.94. The fraction of sp³-hybridized carbons (Fsp3) is 0.500. The maximum Gasteiger partial charge on any atom is 0.459 e. The Morgan fingerprint density at radius 1 is 0.680 bits per heavy atom. The highest BCUT2D eigenvalue weighted by atomic mass is 28.4. The maximum atomic E-state index is 14.6. The van der Waals surface area contributed by atoms with Crippen LogP contribution in [0, 0.1) is 0 Å². The van der Waals surface area contributed by atoms with Gasteiger partial charge in [-0.1, -0.05) is 100 Å². The summed E-state index contributed by atoms with van der Waals surface area (Å²) >= 11 is 0. The molecule has 0 aliphatic rings. The number of hydrogen-bond acceptors (Lipinski definition) is 3. The van der Waals surface area contributed by atoms with Crippen molar-refractivity contribution < 1.29 is 53.2 Å². The van der Waals surface area contributed by atoms with Crippen LogP contribution in [-0.4, -0.2) is 43.5 Å². The number of hydrogen-bond donors (Lipinski definition) is 0. The standard InChI is InChI=1S/C36H43F10NO2Si/c1-25(2)50(26(3)4,21-20-33(37,38)35(42,43)36(44,45)46)49-24-32(5,6)47(48-23-27-14-13-19-30(22-27)34(39,40)41)31(28-15-9-7-10-16-28)29-17-11-8-12-18-29/h7-19,22,25-26,31H,20-21,23-24H2,1-6H3. The van der Waals surface area contributed by atoms with Crippen molar-refractivity contribution in [3.63, 3.8) is 0 Å². The molecule has 0 atom stereocenters. The van der Waals surface area contributed by atoms with Gasteiger partial charge < -0.3 is 4.43 Å². The molecule has 0 saturated carbocycles. The minimum absolute atomic E-state index is 0.210. The summed E-state index contributed by atoms with van der Waals surface area (Å²) in [7, 11) is -3.55. The third kappa shape index (κ3) is 9.48. The van der Waals surface area contributed by atoms with Crippen LogP contribution in [-0.2, 0) is 22.0 Å². The van der Waals surface area contributed by atoms with Gasteiger partial charge >= 0.3 is 24.2 Å². The van der Waals surface area contributed by atoms with Crippen LogP contribution >= 0.6 is 0 Å². The summed E-state index contributed by atoms with van der Waals surface area (Å²) in [5.74, 6) is -11.6. The normalized spacial score (nSPS) is 14.0. The van der Waals surface area contributed by atoms with Crippen LogP contribution in [0.5, 0.6) is 0 Å². The Kier molecular flexibility index (Phi) is 13.1. The summed E-state index contributed by atoms with van der Waals surface area (Å²) < 4.78 is 143. The van der Waals surface area contributed by atoms with Crippen molar-refractivity contribution in [2.75, 3.05) is 6.61 Å². The molecule has 278 valence electrons. The second-order valence-corrected chi connectivity index (χ2v) is 18.7. The Morgan fingerprint density at radius 2 is 1.18 bits per heavy atom. The summed E-state index contributed by atoms with van der Waals surface area (Å²) in [6.07, 6.45) is -12.8. The predicted octanol–water partition coefficient (Wildman–Crippen LogP) is 12.0. The van der Waals surface area contributed by atoms with Crippen LogP contribution in [0.2, 0.25) is 17.1 Å². The molecule has 3 nitrogen and oxygen atoms in total. The third-order valence-electron chi connectivity index (χ3n) is 8.98. The average Bonchev–Trinajstić information content (AvgIpc) is 3.02. The summed E-state index contributed by atoms with van der Waals surface area (Å²) in [6, 6.07) is 21.4. The summed E-state index contributed by atoms with van der Waals surface area (Å²) in [4.78, 5) is 6.37. The van der Waals surface area contributed by atoms with E-state index in [1.54, 1.807) is 83.0 Å². The number of nitrogens with zero attached hydrogens (tertiary/aromatic N) is 1. The van der Waals surface area contributed by atoms with Gasteiger partial charge in [-0.25, -0.2) is 0 Å². The molecule has 0 heterocycles. The van der Waals surface area contributed by atoms with Crippen LogP contribution in [0.3, 0.4) is 0 Å². The molecule has 0 radical (unpaired) electrons. The minimum Gasteiger partial charge on any atom is -0.414 e. The quantitative estimate of drug-likeness (QED) is 0.0829. The maximum absolute atomic E-state index is 14.6. The van der Waals surface area contributed by atoms with E-state index in [2.05, 4.69) is 0 Å². The molecule has 3 aromatic carbocycles. The first-order valence-electron chi connectivity index (χ1n) is 16.1. The van der Waals surface area contributed by atoms with Crippen LogP contribution in [0.15, 0.2) is 84.9 Å². The summed E-state index contributed by atoms with van der Waals surface area (Å²) in [5.41, 5.74) is -1.32. The summed E-state index contributed by atoms with van der Waals surface area (Å²) in [6.45, 7) is 9.54. The molecule has 3 rings (SSSR count). The molecule has 50 heavy (non-hydrogen) atoms. The molecule has 0 saturated heterocycles. The van der Waals surface area contributed by atoms with Gasteiger partial charge in [0, 0.05) is 6.42 Å². The van der Waals surface area contributed by atoms with Crippen molar-refractivity contribution in [2.24, 2.45) is 0 Å². The van der Waals surface area contributed by atoms with Gasteiger partial charge in [-0.15, -0.1) is 0 Å². The number of hydroxylamine groups is 2. The second kappa shape index (κ2) is 15.7. The molecular formula is C36H43F10NO2Si. The van der Waals surface area contributed by atoms with Gasteiger partial charge in [0.2, 0.25) is 0 Å². The fourth-order valence-electron chi connectivity index (χ4n) is 6.06. The van der Waals surface area contributed by atoms with E-state index in [1.165, 1.54) is 12.1 Å². The van der Waals surface area contributed by atoms with Crippen molar-refractivity contribution in [3.8, 4) is 0 Å². The van der Waals surface area contributed by atoms with Gasteiger partial charge in [-0.2, -0.15) is 49.0 Å². The fourth-order valence-corrected chi connectivity index (χ4v) is 10.7. The number of benzene rings is 3. The molecule has 0 bridgehead atoms. The van der Waals surface area contributed by atoms with Gasteiger partial charge in [-0.3, -0.25) is 4.84 Å². The highest BCUT2D eigenvalue weighted by Gasteiger charge is 2.72. The monoisotopic (exact) mass is 739 g/mol. The third-order valence-corrected chi connectivity index (χ3v) is 14.6. The molecule has 0 N–H and O–H groups in total. The lowest BCUT2D eigenvalue weighted by atomic mass is 9.94. The highest BCUT2D eigenvalue weighted by molar-refractivity contribution is 6.76. The van der Waals surface area contributed by atoms with E-state index < -0.39 is 73.2 Å². The van der Waals surface area contributed by atoms with Crippen LogP contribution in [0.1, 0.15) is 76.3 Å². The zero-order valence-electron chi connectivity index (χ0n) is 28.7. The predicted molar refractivity (Wildman–Crippen MR) is 174 cm³/mol. The van der Waals surface area contributed by atoms with Crippen molar-refractivity contribution in [1.82, 2.24) is 5.06 Å². The van der Waals surface area contributed by atoms with Crippen LogP contribution < -0.4 is 0 Å². The molecule has 0 amide bonds.